The largest absolute Gasteiger partial charge is 0.369 e. The van der Waals surface area contributed by atoms with Gasteiger partial charge in [-0.2, -0.15) is 4.99 Å². The number of nitrogens with two attached hydrogens (primary N) is 1. The van der Waals surface area contributed by atoms with Gasteiger partial charge >= 0.3 is 6.03 Å². The molecule has 0 saturated carbocycles. The normalized spacial score (nSPS) is 9.67. The Labute approximate surface area is 53.5 Å². The molecule has 0 spiro atoms. The van der Waals surface area contributed by atoms with Crippen LogP contribution in [0.1, 0.15) is 0 Å². The maximum atomic E-state index is 10.3. The Morgan fingerprint density at radius 1 is 1.78 bits per heavy atom. The second kappa shape index (κ2) is 3.85. The molecule has 0 aromatic heterocycles. The number of nitrogens with one attached hydrogen (secondary N) is 1. The van der Waals surface area contributed by atoms with Crippen molar-refractivity contribution in [2.75, 3.05) is 14.1 Å². The molecule has 0 radical (unpaired) electrons. The first-order chi connectivity index (χ1) is 4.16. The molecule has 0 saturated heterocycles. The van der Waals surface area contributed by atoms with E-state index in [2.05, 4.69) is 4.99 Å². The maximum Gasteiger partial charge on any atom is 0.356 e. The number of aliphatic imine (C=N–C) groups is 1. The van der Waals surface area contributed by atoms with Gasteiger partial charge in [0.2, 0.25) is 0 Å². The zero-order valence-electron chi connectivity index (χ0n) is 5.46. The minimum absolute atomic E-state index is 0.552. The van der Waals surface area contributed by atoms with Gasteiger partial charge in [0.1, 0.15) is 0 Å². The molecule has 5 nitrogen and oxygen atoms in total. The third-order valence-corrected chi connectivity index (χ3v) is 0.529. The van der Waals surface area contributed by atoms with Crippen LogP contribution in [0.3, 0.4) is 0 Å². The predicted octanol–water partition coefficient (Wildman–Crippen LogP) is -0.840. The number of nitrogens with zero attached hydrogens (tertiary/aromatic N) is 2. The fourth-order valence-electron chi connectivity index (χ4n) is 0.205. The maximum absolute atomic E-state index is 10.3. The second-order valence-electron chi connectivity index (χ2n) is 1.66. The minimum Gasteiger partial charge on any atom is -0.369 e. The van der Waals surface area contributed by atoms with Gasteiger partial charge in [0.05, 0.1) is 6.34 Å². The van der Waals surface area contributed by atoms with E-state index in [1.807, 2.05) is 5.43 Å². The zero-order chi connectivity index (χ0) is 7.28. The van der Waals surface area contributed by atoms with Crippen molar-refractivity contribution in [2.24, 2.45) is 10.8 Å². The summed E-state index contributed by atoms with van der Waals surface area (Å²) in [7, 11) is 3.51. The molecule has 2 amide bonds. The lowest BCUT2D eigenvalue weighted by atomic mass is 10.9. The average Bonchev–Trinajstić information content (AvgIpc) is 1.83. The summed E-state index contributed by atoms with van der Waals surface area (Å²) >= 11 is 0. The molecule has 5 heteroatoms. The van der Waals surface area contributed by atoms with Crippen LogP contribution in [0, 0.1) is 0 Å². The molecule has 0 aromatic carbocycles. The molecule has 0 fully saturated rings. The smallest absolute Gasteiger partial charge is 0.356 e. The summed E-state index contributed by atoms with van der Waals surface area (Å²) in [6, 6.07) is -0.552. The number of amides is 2. The van der Waals surface area contributed by atoms with Crippen molar-refractivity contribution in [1.82, 2.24) is 10.3 Å². The monoisotopic (exact) mass is 130 g/mol. The van der Waals surface area contributed by atoms with Crippen LogP contribution in [0.25, 0.3) is 0 Å². The topological polar surface area (TPSA) is 70.7 Å². The van der Waals surface area contributed by atoms with E-state index in [9.17, 15) is 4.79 Å². The number of urea groups is 1. The molecular weight excluding hydrogens is 120 g/mol. The van der Waals surface area contributed by atoms with Gasteiger partial charge in [-0.15, -0.1) is 0 Å². The lowest BCUT2D eigenvalue weighted by molar-refractivity contribution is 0.249. The highest BCUT2D eigenvalue weighted by molar-refractivity contribution is 5.82. The van der Waals surface area contributed by atoms with Crippen LogP contribution in [0.4, 0.5) is 4.79 Å². The van der Waals surface area contributed by atoms with Gasteiger partial charge in [0.25, 0.3) is 0 Å². The highest BCUT2D eigenvalue weighted by Gasteiger charge is 1.87. The first kappa shape index (κ1) is 7.90. The van der Waals surface area contributed by atoms with Crippen molar-refractivity contribution < 1.29 is 4.79 Å². The van der Waals surface area contributed by atoms with Gasteiger partial charge in [-0.3, -0.25) is 5.43 Å². The summed E-state index contributed by atoms with van der Waals surface area (Å²) in [5.74, 6) is 4.73. The minimum atomic E-state index is -0.552. The lowest BCUT2D eigenvalue weighted by Gasteiger charge is -2.00. The molecule has 0 bridgehead atoms. The van der Waals surface area contributed by atoms with E-state index in [4.69, 9.17) is 5.84 Å². The van der Waals surface area contributed by atoms with Gasteiger partial charge in [-0.25, -0.2) is 10.6 Å². The molecule has 3 N–H and O–H groups in total. The number of hydrogen-bond acceptors (Lipinski definition) is 2. The van der Waals surface area contributed by atoms with Gasteiger partial charge in [0.15, 0.2) is 0 Å². The second-order valence-corrected chi connectivity index (χ2v) is 1.66. The van der Waals surface area contributed by atoms with E-state index in [1.165, 1.54) is 6.34 Å². The van der Waals surface area contributed by atoms with Crippen molar-refractivity contribution in [1.29, 1.82) is 0 Å². The standard InChI is InChI=1S/C4H10N4O/c1-8(2)3-6-4(9)7-5/h3H,5H2,1-2H3,(H,7,9)/b6-3+. The fourth-order valence-corrected chi connectivity index (χ4v) is 0.205. The number of hydrogen-bond donors (Lipinski definition) is 2. The number of carbonyl (C=O) groups excluding carboxylic acids is 1. The quantitative estimate of drug-likeness (QED) is 0.160. The fraction of sp³-hybridized carbons (Fsp3) is 0.500. The van der Waals surface area contributed by atoms with Crippen LogP contribution in [-0.2, 0) is 0 Å². The van der Waals surface area contributed by atoms with Crippen molar-refractivity contribution in [2.45, 2.75) is 0 Å². The third-order valence-electron chi connectivity index (χ3n) is 0.529. The van der Waals surface area contributed by atoms with E-state index in [1.54, 1.807) is 19.0 Å². The van der Waals surface area contributed by atoms with Crippen molar-refractivity contribution in [3.05, 3.63) is 0 Å². The van der Waals surface area contributed by atoms with Gasteiger partial charge < -0.3 is 4.90 Å². The molecule has 0 aliphatic heterocycles. The van der Waals surface area contributed by atoms with Gasteiger partial charge in [0, 0.05) is 14.1 Å². The summed E-state index contributed by atoms with van der Waals surface area (Å²) in [6.45, 7) is 0. The van der Waals surface area contributed by atoms with Crippen LogP contribution in [0.2, 0.25) is 0 Å². The molecule has 0 aromatic rings. The van der Waals surface area contributed by atoms with Crippen molar-refractivity contribution in [3.8, 4) is 0 Å². The summed E-state index contributed by atoms with van der Waals surface area (Å²) < 4.78 is 0. The molecule has 52 valence electrons. The van der Waals surface area contributed by atoms with E-state index >= 15 is 0 Å². The average molecular weight is 130 g/mol. The summed E-state index contributed by atoms with van der Waals surface area (Å²) in [4.78, 5) is 15.3. The highest BCUT2D eigenvalue weighted by Crippen LogP contribution is 1.69. The van der Waals surface area contributed by atoms with Crippen LogP contribution in [0.15, 0.2) is 4.99 Å². The van der Waals surface area contributed by atoms with Gasteiger partial charge in [-0.05, 0) is 0 Å². The predicted molar refractivity (Wildman–Crippen MR) is 34.9 cm³/mol. The van der Waals surface area contributed by atoms with Crippen molar-refractivity contribution >= 4 is 12.4 Å². The Balaban J connectivity index is 3.57. The molecule has 0 aliphatic rings. The molecule has 0 rings (SSSR count). The Hall–Kier alpha value is -1.10. The van der Waals surface area contributed by atoms with Crippen LogP contribution in [0.5, 0.6) is 0 Å². The Kier molecular flexibility index (Phi) is 3.38. The Morgan fingerprint density at radius 3 is 2.67 bits per heavy atom. The van der Waals surface area contributed by atoms with E-state index in [0.717, 1.165) is 0 Å². The zero-order valence-corrected chi connectivity index (χ0v) is 5.46. The van der Waals surface area contributed by atoms with Crippen LogP contribution >= 0.6 is 0 Å². The Bertz CT molecular complexity index is 120. The van der Waals surface area contributed by atoms with E-state index in [0.29, 0.717) is 0 Å². The molecule has 0 heterocycles. The molecule has 9 heavy (non-hydrogen) atoms. The molecule has 0 aliphatic carbocycles. The summed E-state index contributed by atoms with van der Waals surface area (Å²) in [6.07, 6.45) is 1.36. The van der Waals surface area contributed by atoms with E-state index in [-0.39, 0.29) is 0 Å². The summed E-state index contributed by atoms with van der Waals surface area (Å²) in [5.41, 5.74) is 1.86. The molecular formula is C4H10N4O. The van der Waals surface area contributed by atoms with Crippen LogP contribution in [-0.4, -0.2) is 31.4 Å². The Morgan fingerprint density at radius 2 is 2.33 bits per heavy atom. The SMILES string of the molecule is CN(C)/C=N/C(=O)NN. The lowest BCUT2D eigenvalue weighted by Crippen LogP contribution is -2.27. The third kappa shape index (κ3) is 4.76. The van der Waals surface area contributed by atoms with Crippen molar-refractivity contribution in [3.63, 3.8) is 0 Å². The van der Waals surface area contributed by atoms with E-state index < -0.39 is 6.03 Å². The number of hydrazine groups is 1. The molecule has 0 atom stereocenters. The first-order valence-corrected chi connectivity index (χ1v) is 2.38. The number of carbonyl (C=O) groups is 1. The first-order valence-electron chi connectivity index (χ1n) is 2.38. The molecule has 0 unspecified atom stereocenters. The number of rotatable bonds is 1. The highest BCUT2D eigenvalue weighted by atomic mass is 16.2. The summed E-state index contributed by atoms with van der Waals surface area (Å²) in [5, 5.41) is 0. The van der Waals surface area contributed by atoms with Crippen LogP contribution < -0.4 is 11.3 Å². The van der Waals surface area contributed by atoms with Gasteiger partial charge in [-0.1, -0.05) is 0 Å².